The molecule has 1 heterocycles. The number of piperidine rings is 1. The maximum Gasteiger partial charge on any atom is 0.315 e. The molecule has 0 radical (unpaired) electrons. The monoisotopic (exact) mass is 587 g/mol. The van der Waals surface area contributed by atoms with Crippen molar-refractivity contribution in [2.45, 2.75) is 111 Å². The quantitative estimate of drug-likeness (QED) is 0.240. The van der Waals surface area contributed by atoms with Gasteiger partial charge < -0.3 is 26.6 Å². The Bertz CT molecular complexity index is 1140. The molecule has 1 unspecified atom stereocenters. The van der Waals surface area contributed by atoms with E-state index < -0.39 is 47.2 Å². The molecule has 11 heteroatoms. The zero-order valence-electron chi connectivity index (χ0n) is 26.1. The summed E-state index contributed by atoms with van der Waals surface area (Å²) < 4.78 is 0. The first-order valence-corrected chi connectivity index (χ1v) is 15.5. The molecule has 6 atom stereocenters. The van der Waals surface area contributed by atoms with Crippen molar-refractivity contribution in [2.75, 3.05) is 6.54 Å². The van der Waals surface area contributed by atoms with Crippen molar-refractivity contribution >= 4 is 35.3 Å². The summed E-state index contributed by atoms with van der Waals surface area (Å²) in [7, 11) is 0. The highest BCUT2D eigenvalue weighted by molar-refractivity contribution is 6.37. The Morgan fingerprint density at radius 1 is 0.952 bits per heavy atom. The van der Waals surface area contributed by atoms with E-state index in [9.17, 15) is 28.8 Å². The van der Waals surface area contributed by atoms with E-state index in [2.05, 4.69) is 29.8 Å². The number of Topliss-reactive ketones (excluding diaryl/α,β-unsaturated/α-hetero) is 2. The van der Waals surface area contributed by atoms with Gasteiger partial charge in [0.15, 0.2) is 0 Å². The number of urea groups is 1. The average Bonchev–Trinajstić information content (AvgIpc) is 3.82. The van der Waals surface area contributed by atoms with E-state index in [4.69, 9.17) is 5.73 Å². The largest absolute Gasteiger partial charge is 0.363 e. The molecule has 1 saturated heterocycles. The van der Waals surface area contributed by atoms with Crippen LogP contribution in [0.4, 0.5) is 4.79 Å². The molecule has 1 aliphatic heterocycles. The van der Waals surface area contributed by atoms with E-state index in [1.165, 1.54) is 4.90 Å². The molecule has 0 spiro atoms. The van der Waals surface area contributed by atoms with Crippen LogP contribution in [-0.4, -0.2) is 70.9 Å². The summed E-state index contributed by atoms with van der Waals surface area (Å²) in [6.45, 7) is 13.9. The lowest BCUT2D eigenvalue weighted by Crippen LogP contribution is -2.62. The van der Waals surface area contributed by atoms with Crippen molar-refractivity contribution in [3.8, 4) is 0 Å². The van der Waals surface area contributed by atoms with E-state index in [1.54, 1.807) is 0 Å². The van der Waals surface area contributed by atoms with Crippen LogP contribution in [0.3, 0.4) is 0 Å². The van der Waals surface area contributed by atoms with Gasteiger partial charge in [-0.1, -0.05) is 61.3 Å². The third kappa shape index (κ3) is 6.97. The van der Waals surface area contributed by atoms with Crippen LogP contribution in [0, 0.1) is 40.4 Å². The normalized spacial score (nSPS) is 26.5. The van der Waals surface area contributed by atoms with Crippen molar-refractivity contribution in [1.29, 1.82) is 0 Å². The van der Waals surface area contributed by atoms with Gasteiger partial charge in [0.05, 0.1) is 6.04 Å². The maximum absolute atomic E-state index is 14.1. The summed E-state index contributed by atoms with van der Waals surface area (Å²) >= 11 is 0. The van der Waals surface area contributed by atoms with Crippen molar-refractivity contribution in [1.82, 2.24) is 20.9 Å². The number of likely N-dealkylation sites (tertiary alicyclic amines) is 1. The number of hydrogen-bond acceptors (Lipinski definition) is 6. The van der Waals surface area contributed by atoms with Crippen LogP contribution in [0.1, 0.15) is 87.0 Å². The Labute approximate surface area is 248 Å². The first-order valence-electron chi connectivity index (χ1n) is 15.5. The Kier molecular flexibility index (Phi) is 8.82. The predicted molar refractivity (Wildman–Crippen MR) is 156 cm³/mol. The molecule has 5 amide bonds. The SMILES string of the molecule is CC(C)[C@@H](CC(=O)C1CC1)NC(=O)N[C@H](C(=O)N1C[C@H]2[C@@H]([C@H]1C(=O)NC(CC1CC1)C(=O)C(N)=O)C2(C)C)C(C)(C)C. The predicted octanol–water partition coefficient (Wildman–Crippen LogP) is 1.92. The van der Waals surface area contributed by atoms with Crippen LogP contribution in [0.15, 0.2) is 0 Å². The van der Waals surface area contributed by atoms with Gasteiger partial charge in [0, 0.05) is 24.9 Å². The summed E-state index contributed by atoms with van der Waals surface area (Å²) in [5, 5.41) is 8.54. The van der Waals surface area contributed by atoms with Crippen molar-refractivity contribution in [3.63, 3.8) is 0 Å². The van der Waals surface area contributed by atoms with Crippen molar-refractivity contribution < 1.29 is 28.8 Å². The summed E-state index contributed by atoms with van der Waals surface area (Å²) in [6.07, 6.45) is 4.26. The molecule has 0 aromatic rings. The highest BCUT2D eigenvalue weighted by Crippen LogP contribution is 2.65. The molecule has 5 N–H and O–H groups in total. The van der Waals surface area contributed by atoms with Crippen molar-refractivity contribution in [3.05, 3.63) is 0 Å². The zero-order chi connectivity index (χ0) is 31.3. The van der Waals surface area contributed by atoms with E-state index >= 15 is 0 Å². The molecule has 3 aliphatic carbocycles. The number of carbonyl (C=O) groups excluding carboxylic acids is 6. The van der Waals surface area contributed by atoms with Gasteiger partial charge in [-0.15, -0.1) is 0 Å². The number of fused-ring (bicyclic) bond motifs is 1. The number of amides is 5. The first-order chi connectivity index (χ1) is 19.4. The number of rotatable bonds is 13. The fourth-order valence-electron chi connectivity index (χ4n) is 6.56. The van der Waals surface area contributed by atoms with Gasteiger partial charge in [-0.25, -0.2) is 4.79 Å². The number of nitrogens with one attached hydrogen (secondary N) is 3. The molecule has 0 bridgehead atoms. The van der Waals surface area contributed by atoms with Crippen LogP contribution in [0.5, 0.6) is 0 Å². The zero-order valence-corrected chi connectivity index (χ0v) is 26.1. The molecule has 4 aliphatic rings. The second kappa shape index (κ2) is 11.6. The van der Waals surface area contributed by atoms with Crippen LogP contribution in [0.2, 0.25) is 0 Å². The number of primary amides is 1. The summed E-state index contributed by atoms with van der Waals surface area (Å²) in [5.41, 5.74) is 4.42. The first kappa shape index (κ1) is 31.9. The van der Waals surface area contributed by atoms with E-state index in [-0.39, 0.29) is 59.2 Å². The van der Waals surface area contributed by atoms with E-state index in [0.29, 0.717) is 13.0 Å². The fourth-order valence-corrected chi connectivity index (χ4v) is 6.56. The third-order valence-corrected chi connectivity index (χ3v) is 9.87. The van der Waals surface area contributed by atoms with E-state index in [0.717, 1.165) is 25.7 Å². The van der Waals surface area contributed by atoms with Gasteiger partial charge in [-0.3, -0.25) is 24.0 Å². The lowest BCUT2D eigenvalue weighted by Gasteiger charge is -2.38. The Hall–Kier alpha value is -2.98. The second-order valence-corrected chi connectivity index (χ2v) is 15.1. The lowest BCUT2D eigenvalue weighted by atomic mass is 9.85. The highest BCUT2D eigenvalue weighted by Gasteiger charge is 2.70. The van der Waals surface area contributed by atoms with Crippen LogP contribution in [0.25, 0.3) is 0 Å². The molecule has 11 nitrogen and oxygen atoms in total. The molecule has 42 heavy (non-hydrogen) atoms. The summed E-state index contributed by atoms with van der Waals surface area (Å²) in [4.78, 5) is 79.4. The smallest absolute Gasteiger partial charge is 0.315 e. The fraction of sp³-hybridized carbons (Fsp3) is 0.806. The van der Waals surface area contributed by atoms with Crippen LogP contribution < -0.4 is 21.7 Å². The molecule has 4 rings (SSSR count). The molecule has 0 aromatic carbocycles. The number of nitrogens with zero attached hydrogens (tertiary/aromatic N) is 1. The Balaban J connectivity index is 1.49. The van der Waals surface area contributed by atoms with Gasteiger partial charge in [0.25, 0.3) is 5.91 Å². The minimum atomic E-state index is -1.09. The van der Waals surface area contributed by atoms with Gasteiger partial charge in [-0.2, -0.15) is 0 Å². The van der Waals surface area contributed by atoms with Gasteiger partial charge >= 0.3 is 6.03 Å². The van der Waals surface area contributed by atoms with Crippen LogP contribution >= 0.6 is 0 Å². The Morgan fingerprint density at radius 2 is 1.57 bits per heavy atom. The molecule has 0 aromatic heterocycles. The molecule has 234 valence electrons. The lowest BCUT2D eigenvalue weighted by molar-refractivity contribution is -0.145. The average molecular weight is 588 g/mol. The molecular weight excluding hydrogens is 538 g/mol. The second-order valence-electron chi connectivity index (χ2n) is 15.1. The summed E-state index contributed by atoms with van der Waals surface area (Å²) in [6, 6.07) is -3.70. The molecule has 3 saturated carbocycles. The van der Waals surface area contributed by atoms with E-state index in [1.807, 2.05) is 34.6 Å². The van der Waals surface area contributed by atoms with Gasteiger partial charge in [0.1, 0.15) is 17.9 Å². The highest BCUT2D eigenvalue weighted by atomic mass is 16.2. The summed E-state index contributed by atoms with van der Waals surface area (Å²) in [5.74, 6) is -2.26. The third-order valence-electron chi connectivity index (χ3n) is 9.87. The standard InChI is InChI=1S/C31H49N5O6/c1-15(2)19(13-21(37)17-10-11-17)34-29(42)35-25(30(3,4)5)28(41)36-14-18-22(31(18,6)7)23(36)27(40)33-20(12-16-8-9-16)24(38)26(32)39/h15-20,22-23,25H,8-14H2,1-7H3,(H2,32,39)(H,33,40)(H2,34,35,42)/t18-,19+,20?,22-,23-,25+/m0/s1. The molecular formula is C31H49N5O6. The maximum atomic E-state index is 14.1. The number of carbonyl (C=O) groups is 6. The number of nitrogens with two attached hydrogens (primary N) is 1. The van der Waals surface area contributed by atoms with Crippen LogP contribution in [-0.2, 0) is 24.0 Å². The number of hydrogen-bond donors (Lipinski definition) is 4. The minimum Gasteiger partial charge on any atom is -0.363 e. The van der Waals surface area contributed by atoms with Gasteiger partial charge in [-0.05, 0) is 53.8 Å². The number of ketones is 2. The molecule has 4 fully saturated rings. The van der Waals surface area contributed by atoms with Crippen molar-refractivity contribution in [2.24, 2.45) is 46.2 Å². The topological polar surface area (TPSA) is 168 Å². The Morgan fingerprint density at radius 3 is 2.07 bits per heavy atom. The van der Waals surface area contributed by atoms with Gasteiger partial charge in [0.2, 0.25) is 17.6 Å². The minimum absolute atomic E-state index is 0.0231.